The zero-order valence-corrected chi connectivity index (χ0v) is 11.6. The second-order valence-electron chi connectivity index (χ2n) is 5.58. The lowest BCUT2D eigenvalue weighted by atomic mass is 9.67. The van der Waals surface area contributed by atoms with Crippen LogP contribution in [0.2, 0.25) is 0 Å². The van der Waals surface area contributed by atoms with Crippen molar-refractivity contribution in [2.45, 2.75) is 38.2 Å². The van der Waals surface area contributed by atoms with Crippen LogP contribution in [0.15, 0.2) is 18.2 Å². The molecule has 4 heteroatoms. The second-order valence-corrected chi connectivity index (χ2v) is 5.58. The predicted octanol–water partition coefficient (Wildman–Crippen LogP) is 2.56. The van der Waals surface area contributed by atoms with Crippen molar-refractivity contribution >= 4 is 0 Å². The van der Waals surface area contributed by atoms with Crippen molar-refractivity contribution in [3.63, 3.8) is 0 Å². The van der Waals surface area contributed by atoms with Gasteiger partial charge >= 0.3 is 0 Å². The summed E-state index contributed by atoms with van der Waals surface area (Å²) < 4.78 is 19.4. The first-order chi connectivity index (χ1) is 8.98. The van der Waals surface area contributed by atoms with Crippen molar-refractivity contribution in [1.29, 1.82) is 0 Å². The average Bonchev–Trinajstić information content (AvgIpc) is 2.88. The molecular weight excluding hydrogens is 245 g/mol. The molecule has 0 saturated heterocycles. The summed E-state index contributed by atoms with van der Waals surface area (Å²) in [6, 6.07) is 4.61. The van der Waals surface area contributed by atoms with Crippen molar-refractivity contribution in [1.82, 2.24) is 0 Å². The molecule has 1 unspecified atom stereocenters. The van der Waals surface area contributed by atoms with E-state index in [-0.39, 0.29) is 5.56 Å². The van der Waals surface area contributed by atoms with Crippen LogP contribution in [0.3, 0.4) is 0 Å². The number of ether oxygens (including phenoxy) is 1. The molecule has 0 spiro atoms. The highest BCUT2D eigenvalue weighted by molar-refractivity contribution is 5.40. The van der Waals surface area contributed by atoms with Crippen LogP contribution in [0.25, 0.3) is 0 Å². The van der Waals surface area contributed by atoms with Gasteiger partial charge < -0.3 is 15.6 Å². The average molecular weight is 267 g/mol. The minimum atomic E-state index is -1.32. The van der Waals surface area contributed by atoms with E-state index in [1.165, 1.54) is 13.2 Å². The summed E-state index contributed by atoms with van der Waals surface area (Å²) in [5.41, 5.74) is 4.34. The molecule has 106 valence electrons. The van der Waals surface area contributed by atoms with E-state index in [2.05, 4.69) is 0 Å². The van der Waals surface area contributed by atoms with Crippen LogP contribution in [-0.4, -0.2) is 18.8 Å². The summed E-state index contributed by atoms with van der Waals surface area (Å²) in [6.07, 6.45) is 3.66. The molecule has 1 aromatic rings. The Morgan fingerprint density at radius 2 is 2.05 bits per heavy atom. The van der Waals surface area contributed by atoms with Crippen LogP contribution in [0.5, 0.6) is 5.75 Å². The number of aliphatic hydroxyl groups is 1. The van der Waals surface area contributed by atoms with Gasteiger partial charge in [-0.2, -0.15) is 0 Å². The number of hydrogen-bond donors (Lipinski definition) is 2. The molecule has 1 aromatic carbocycles. The Hall–Kier alpha value is -1.13. The molecule has 0 aliphatic heterocycles. The molecule has 0 radical (unpaired) electrons. The maximum Gasteiger partial charge on any atom is 0.133 e. The van der Waals surface area contributed by atoms with Crippen molar-refractivity contribution in [3.8, 4) is 5.75 Å². The van der Waals surface area contributed by atoms with Gasteiger partial charge in [0.1, 0.15) is 17.2 Å². The fourth-order valence-electron chi connectivity index (χ4n) is 3.35. The third kappa shape index (κ3) is 2.13. The van der Waals surface area contributed by atoms with Crippen LogP contribution in [0, 0.1) is 11.2 Å². The van der Waals surface area contributed by atoms with Crippen LogP contribution in [0.4, 0.5) is 4.39 Å². The third-order valence-electron chi connectivity index (χ3n) is 4.67. The maximum atomic E-state index is 14.2. The van der Waals surface area contributed by atoms with Gasteiger partial charge in [0.25, 0.3) is 0 Å². The second kappa shape index (κ2) is 5.10. The van der Waals surface area contributed by atoms with Gasteiger partial charge in [0, 0.05) is 12.0 Å². The quantitative estimate of drug-likeness (QED) is 0.881. The largest absolute Gasteiger partial charge is 0.496 e. The molecule has 0 bridgehead atoms. The molecule has 1 saturated carbocycles. The fourth-order valence-corrected chi connectivity index (χ4v) is 3.35. The molecule has 3 N–H and O–H groups in total. The molecular formula is C15H22FNO2. The molecule has 19 heavy (non-hydrogen) atoms. The molecule has 2 rings (SSSR count). The summed E-state index contributed by atoms with van der Waals surface area (Å²) in [4.78, 5) is 0. The highest BCUT2D eigenvalue weighted by Crippen LogP contribution is 2.52. The van der Waals surface area contributed by atoms with Gasteiger partial charge in [0.15, 0.2) is 0 Å². The summed E-state index contributed by atoms with van der Waals surface area (Å²) in [6.45, 7) is 2.00. The molecule has 0 aromatic heterocycles. The van der Waals surface area contributed by atoms with E-state index in [1.54, 1.807) is 19.1 Å². The van der Waals surface area contributed by atoms with E-state index >= 15 is 0 Å². The van der Waals surface area contributed by atoms with E-state index in [1.807, 2.05) is 0 Å². The number of benzene rings is 1. The minimum absolute atomic E-state index is 0.227. The van der Waals surface area contributed by atoms with Crippen LogP contribution >= 0.6 is 0 Å². The highest BCUT2D eigenvalue weighted by Gasteiger charge is 2.51. The van der Waals surface area contributed by atoms with E-state index in [4.69, 9.17) is 10.5 Å². The van der Waals surface area contributed by atoms with Crippen molar-refractivity contribution in [2.24, 2.45) is 11.1 Å². The Morgan fingerprint density at radius 1 is 1.42 bits per heavy atom. The molecule has 1 aliphatic carbocycles. The number of methoxy groups -OCH3 is 1. The standard InChI is InChI=1S/C15H22FNO2/c1-14(18,15(10-17)8-3-4-9-15)13-11(16)6-5-7-12(13)19-2/h5-7,18H,3-4,8-10,17H2,1-2H3. The maximum absolute atomic E-state index is 14.2. The van der Waals surface area contributed by atoms with Crippen molar-refractivity contribution in [2.75, 3.05) is 13.7 Å². The van der Waals surface area contributed by atoms with Gasteiger partial charge in [0.05, 0.1) is 12.7 Å². The third-order valence-corrected chi connectivity index (χ3v) is 4.67. The van der Waals surface area contributed by atoms with Crippen molar-refractivity contribution in [3.05, 3.63) is 29.6 Å². The van der Waals surface area contributed by atoms with Crippen LogP contribution in [0.1, 0.15) is 38.2 Å². The molecule has 1 aliphatic rings. The molecule has 0 amide bonds. The number of hydrogen-bond acceptors (Lipinski definition) is 3. The summed E-state index contributed by atoms with van der Waals surface area (Å²) >= 11 is 0. The number of nitrogens with two attached hydrogens (primary N) is 1. The Bertz CT molecular complexity index is 453. The molecule has 3 nitrogen and oxygen atoms in total. The molecule has 1 fully saturated rings. The van der Waals surface area contributed by atoms with Gasteiger partial charge in [-0.1, -0.05) is 18.9 Å². The van der Waals surface area contributed by atoms with E-state index in [0.29, 0.717) is 12.3 Å². The van der Waals surface area contributed by atoms with Crippen LogP contribution < -0.4 is 10.5 Å². The van der Waals surface area contributed by atoms with E-state index in [9.17, 15) is 9.50 Å². The van der Waals surface area contributed by atoms with Gasteiger partial charge in [0.2, 0.25) is 0 Å². The highest BCUT2D eigenvalue weighted by atomic mass is 19.1. The number of rotatable bonds is 4. The topological polar surface area (TPSA) is 55.5 Å². The van der Waals surface area contributed by atoms with E-state index in [0.717, 1.165) is 25.7 Å². The summed E-state index contributed by atoms with van der Waals surface area (Å²) in [5, 5.41) is 11.0. The van der Waals surface area contributed by atoms with Gasteiger partial charge in [-0.25, -0.2) is 4.39 Å². The van der Waals surface area contributed by atoms with Gasteiger partial charge in [-0.05, 0) is 31.9 Å². The zero-order chi connectivity index (χ0) is 14.1. The van der Waals surface area contributed by atoms with Gasteiger partial charge in [-0.3, -0.25) is 0 Å². The normalized spacial score (nSPS) is 21.1. The number of halogens is 1. The lowest BCUT2D eigenvalue weighted by Crippen LogP contribution is -2.47. The SMILES string of the molecule is COc1cccc(F)c1C(C)(O)C1(CN)CCCC1. The smallest absolute Gasteiger partial charge is 0.133 e. The first-order valence-electron chi connectivity index (χ1n) is 6.74. The predicted molar refractivity (Wildman–Crippen MR) is 72.5 cm³/mol. The van der Waals surface area contributed by atoms with Gasteiger partial charge in [-0.15, -0.1) is 0 Å². The van der Waals surface area contributed by atoms with Crippen LogP contribution in [-0.2, 0) is 5.60 Å². The fraction of sp³-hybridized carbons (Fsp3) is 0.600. The van der Waals surface area contributed by atoms with E-state index < -0.39 is 16.8 Å². The molecule has 0 heterocycles. The Kier molecular flexibility index (Phi) is 3.83. The minimum Gasteiger partial charge on any atom is -0.496 e. The first kappa shape index (κ1) is 14.3. The summed E-state index contributed by atoms with van der Waals surface area (Å²) in [5.74, 6) is -0.0613. The summed E-state index contributed by atoms with van der Waals surface area (Å²) in [7, 11) is 1.48. The Morgan fingerprint density at radius 3 is 2.58 bits per heavy atom. The monoisotopic (exact) mass is 267 g/mol. The zero-order valence-electron chi connectivity index (χ0n) is 11.6. The first-order valence-corrected chi connectivity index (χ1v) is 6.74. The Balaban J connectivity index is 2.55. The lowest BCUT2D eigenvalue weighted by Gasteiger charge is -2.43. The molecule has 1 atom stereocenters. The van der Waals surface area contributed by atoms with Crippen molar-refractivity contribution < 1.29 is 14.2 Å². The Labute approximate surface area is 113 Å². The lowest BCUT2D eigenvalue weighted by molar-refractivity contribution is -0.0731.